The van der Waals surface area contributed by atoms with Crippen LogP contribution in [-0.4, -0.2) is 16.3 Å². The third-order valence-electron chi connectivity index (χ3n) is 2.24. The van der Waals surface area contributed by atoms with Crippen LogP contribution in [0, 0.1) is 0 Å². The highest BCUT2D eigenvalue weighted by Crippen LogP contribution is 2.36. The number of benzene rings is 1. The van der Waals surface area contributed by atoms with Crippen LogP contribution in [-0.2, 0) is 0 Å². The van der Waals surface area contributed by atoms with E-state index >= 15 is 0 Å². The van der Waals surface area contributed by atoms with Crippen molar-refractivity contribution in [2.45, 2.75) is 6.36 Å². The first-order valence-electron chi connectivity index (χ1n) is 5.20. The normalized spacial score (nSPS) is 11.4. The molecule has 0 aliphatic carbocycles. The van der Waals surface area contributed by atoms with Gasteiger partial charge in [0, 0.05) is 10.6 Å². The molecule has 0 aliphatic heterocycles. The summed E-state index contributed by atoms with van der Waals surface area (Å²) in [6, 6.07) is 3.58. The molecule has 20 heavy (non-hydrogen) atoms. The van der Waals surface area contributed by atoms with Crippen molar-refractivity contribution < 1.29 is 17.9 Å². The Kier molecular flexibility index (Phi) is 3.58. The van der Waals surface area contributed by atoms with Crippen LogP contribution >= 0.6 is 11.6 Å². The average molecular weight is 305 g/mol. The van der Waals surface area contributed by atoms with Gasteiger partial charge in [-0.1, -0.05) is 11.6 Å². The van der Waals surface area contributed by atoms with Crippen LogP contribution in [0.3, 0.4) is 0 Å². The summed E-state index contributed by atoms with van der Waals surface area (Å²) in [6.45, 7) is 0. The number of nitrogens with two attached hydrogens (primary N) is 2. The third-order valence-corrected chi connectivity index (χ3v) is 2.48. The molecule has 0 fully saturated rings. The Bertz CT molecular complexity index is 648. The van der Waals surface area contributed by atoms with E-state index in [9.17, 15) is 13.2 Å². The molecule has 2 rings (SSSR count). The van der Waals surface area contributed by atoms with Gasteiger partial charge in [0.1, 0.15) is 17.3 Å². The number of nitrogen functional groups attached to an aromatic ring is 2. The first kappa shape index (κ1) is 14.2. The summed E-state index contributed by atoms with van der Waals surface area (Å²) in [5.41, 5.74) is 11.0. The van der Waals surface area contributed by atoms with Crippen molar-refractivity contribution in [1.29, 1.82) is 0 Å². The molecule has 0 bridgehead atoms. The van der Waals surface area contributed by atoms with Crippen LogP contribution < -0.4 is 16.2 Å². The molecule has 1 aromatic heterocycles. The van der Waals surface area contributed by atoms with Gasteiger partial charge >= 0.3 is 6.36 Å². The van der Waals surface area contributed by atoms with E-state index in [1.54, 1.807) is 0 Å². The van der Waals surface area contributed by atoms with Crippen LogP contribution in [0.1, 0.15) is 0 Å². The Balaban J connectivity index is 2.57. The predicted octanol–water partition coefficient (Wildman–Crippen LogP) is 2.86. The van der Waals surface area contributed by atoms with Crippen molar-refractivity contribution in [3.63, 3.8) is 0 Å². The Hall–Kier alpha value is -2.22. The van der Waals surface area contributed by atoms with Gasteiger partial charge in [-0.2, -0.15) is 0 Å². The maximum atomic E-state index is 12.4. The highest BCUT2D eigenvalue weighted by molar-refractivity contribution is 6.31. The Labute approximate surface area is 116 Å². The summed E-state index contributed by atoms with van der Waals surface area (Å²) >= 11 is 5.77. The highest BCUT2D eigenvalue weighted by Gasteiger charge is 2.32. The molecular formula is C11H8ClF3N4O. The standard InChI is InChI=1S/C11H8ClF3N4O/c12-5-1-2-7(20-11(13,14)15)6(3-5)9-10(17)19-8(16)4-18-9/h1-4H,(H4,16,17,19). The first-order valence-corrected chi connectivity index (χ1v) is 5.58. The van der Waals surface area contributed by atoms with Crippen molar-refractivity contribution in [3.05, 3.63) is 29.4 Å². The van der Waals surface area contributed by atoms with E-state index in [1.807, 2.05) is 0 Å². The van der Waals surface area contributed by atoms with Gasteiger partial charge in [0.25, 0.3) is 0 Å². The summed E-state index contributed by atoms with van der Waals surface area (Å²) in [7, 11) is 0. The van der Waals surface area contributed by atoms with E-state index in [-0.39, 0.29) is 27.9 Å². The molecule has 1 aromatic carbocycles. The smallest absolute Gasteiger partial charge is 0.405 e. The largest absolute Gasteiger partial charge is 0.573 e. The summed E-state index contributed by atoms with van der Waals surface area (Å²) in [4.78, 5) is 7.59. The molecule has 4 N–H and O–H groups in total. The number of rotatable bonds is 2. The molecule has 0 radical (unpaired) electrons. The SMILES string of the molecule is Nc1cnc(-c2cc(Cl)ccc2OC(F)(F)F)c(N)n1. The highest BCUT2D eigenvalue weighted by atomic mass is 35.5. The van der Waals surface area contributed by atoms with Crippen LogP contribution in [0.5, 0.6) is 5.75 Å². The molecule has 0 spiro atoms. The van der Waals surface area contributed by atoms with Crippen LogP contribution in [0.4, 0.5) is 24.8 Å². The molecule has 0 aliphatic rings. The van der Waals surface area contributed by atoms with E-state index in [1.165, 1.54) is 18.3 Å². The van der Waals surface area contributed by atoms with E-state index in [0.717, 1.165) is 6.07 Å². The number of anilines is 2. The summed E-state index contributed by atoms with van der Waals surface area (Å²) < 4.78 is 41.0. The van der Waals surface area contributed by atoms with Gasteiger partial charge < -0.3 is 16.2 Å². The third kappa shape index (κ3) is 3.21. The number of halogens is 4. The van der Waals surface area contributed by atoms with Crippen LogP contribution in [0.25, 0.3) is 11.3 Å². The maximum absolute atomic E-state index is 12.4. The second-order valence-electron chi connectivity index (χ2n) is 3.72. The molecule has 0 saturated carbocycles. The number of ether oxygens (including phenoxy) is 1. The fraction of sp³-hybridized carbons (Fsp3) is 0.0909. The van der Waals surface area contributed by atoms with Gasteiger partial charge in [-0.15, -0.1) is 13.2 Å². The van der Waals surface area contributed by atoms with E-state index in [2.05, 4.69) is 14.7 Å². The molecular weight excluding hydrogens is 297 g/mol. The predicted molar refractivity (Wildman–Crippen MR) is 68.0 cm³/mol. The van der Waals surface area contributed by atoms with E-state index in [0.29, 0.717) is 0 Å². The number of aromatic nitrogens is 2. The lowest BCUT2D eigenvalue weighted by molar-refractivity contribution is -0.274. The zero-order valence-corrected chi connectivity index (χ0v) is 10.5. The summed E-state index contributed by atoms with van der Waals surface area (Å²) in [6.07, 6.45) is -3.68. The second-order valence-corrected chi connectivity index (χ2v) is 4.15. The quantitative estimate of drug-likeness (QED) is 0.891. The Morgan fingerprint density at radius 2 is 1.90 bits per heavy atom. The summed E-state index contributed by atoms with van der Waals surface area (Å²) in [5, 5.41) is 0.201. The average Bonchev–Trinajstić information content (AvgIpc) is 2.30. The van der Waals surface area contributed by atoms with Crippen molar-refractivity contribution >= 4 is 23.2 Å². The van der Waals surface area contributed by atoms with E-state index in [4.69, 9.17) is 23.1 Å². The Morgan fingerprint density at radius 3 is 2.50 bits per heavy atom. The van der Waals surface area contributed by atoms with Crippen molar-refractivity contribution in [3.8, 4) is 17.0 Å². The van der Waals surface area contributed by atoms with Crippen molar-refractivity contribution in [2.24, 2.45) is 0 Å². The zero-order chi connectivity index (χ0) is 14.9. The topological polar surface area (TPSA) is 87.0 Å². The van der Waals surface area contributed by atoms with Gasteiger partial charge in [0.15, 0.2) is 5.82 Å². The van der Waals surface area contributed by atoms with Gasteiger partial charge in [-0.3, -0.25) is 0 Å². The lowest BCUT2D eigenvalue weighted by atomic mass is 10.1. The maximum Gasteiger partial charge on any atom is 0.573 e. The number of nitrogens with zero attached hydrogens (tertiary/aromatic N) is 2. The Morgan fingerprint density at radius 1 is 1.20 bits per heavy atom. The molecule has 0 unspecified atom stereocenters. The van der Waals surface area contributed by atoms with E-state index < -0.39 is 12.1 Å². The van der Waals surface area contributed by atoms with Crippen molar-refractivity contribution in [1.82, 2.24) is 9.97 Å². The monoisotopic (exact) mass is 304 g/mol. The zero-order valence-electron chi connectivity index (χ0n) is 9.78. The first-order chi connectivity index (χ1) is 9.26. The fourth-order valence-electron chi connectivity index (χ4n) is 1.53. The van der Waals surface area contributed by atoms with Crippen molar-refractivity contribution in [2.75, 3.05) is 11.5 Å². The molecule has 0 saturated heterocycles. The minimum absolute atomic E-state index is 0.000880. The minimum Gasteiger partial charge on any atom is -0.405 e. The number of hydrogen-bond acceptors (Lipinski definition) is 5. The van der Waals surface area contributed by atoms with Gasteiger partial charge in [-0.05, 0) is 18.2 Å². The minimum atomic E-state index is -4.85. The molecule has 0 amide bonds. The van der Waals surface area contributed by atoms with Crippen LogP contribution in [0.15, 0.2) is 24.4 Å². The lowest BCUT2D eigenvalue weighted by Gasteiger charge is -2.14. The number of hydrogen-bond donors (Lipinski definition) is 2. The lowest BCUT2D eigenvalue weighted by Crippen LogP contribution is -2.17. The molecule has 106 valence electrons. The van der Waals surface area contributed by atoms with Gasteiger partial charge in [0.2, 0.25) is 0 Å². The molecule has 1 heterocycles. The second kappa shape index (κ2) is 5.04. The summed E-state index contributed by atoms with van der Waals surface area (Å²) in [5.74, 6) is -0.557. The fourth-order valence-corrected chi connectivity index (χ4v) is 1.70. The molecule has 9 heteroatoms. The molecule has 0 atom stereocenters. The molecule has 2 aromatic rings. The van der Waals surface area contributed by atoms with Gasteiger partial charge in [0.05, 0.1) is 6.20 Å². The molecule has 5 nitrogen and oxygen atoms in total. The van der Waals surface area contributed by atoms with Gasteiger partial charge in [-0.25, -0.2) is 9.97 Å². The number of alkyl halides is 3. The van der Waals surface area contributed by atoms with Crippen LogP contribution in [0.2, 0.25) is 5.02 Å².